The van der Waals surface area contributed by atoms with Gasteiger partial charge >= 0.3 is 5.97 Å². The number of rotatable bonds is 4. The number of carboxylic acids is 1. The van der Waals surface area contributed by atoms with Crippen molar-refractivity contribution in [2.75, 3.05) is 13.1 Å². The number of carbonyl (C=O) groups is 2. The maximum Gasteiger partial charge on any atom is 0.306 e. The molecule has 1 N–H and O–H groups in total. The average Bonchev–Trinajstić information content (AvgIpc) is 2.87. The van der Waals surface area contributed by atoms with Crippen molar-refractivity contribution >= 4 is 22.8 Å². The Labute approximate surface area is 141 Å². The Morgan fingerprint density at radius 3 is 2.58 bits per heavy atom. The Bertz CT molecular complexity index is 788. The number of aryl methyl sites for hydroxylation is 2. The maximum absolute atomic E-state index is 12.8. The van der Waals surface area contributed by atoms with E-state index in [-0.39, 0.29) is 17.7 Å². The SMILES string of the molecule is Cc1nc2cc(C(=O)C(C)N3CCC(C(=O)O)CC3)ccc2n1C. The molecule has 1 saturated heterocycles. The molecule has 1 aromatic heterocycles. The number of aliphatic carboxylic acids is 1. The van der Waals surface area contributed by atoms with Crippen LogP contribution in [0.1, 0.15) is 35.9 Å². The molecule has 0 amide bonds. The van der Waals surface area contributed by atoms with Gasteiger partial charge in [-0.3, -0.25) is 14.5 Å². The Kier molecular flexibility index (Phi) is 4.41. The molecule has 0 aliphatic carbocycles. The lowest BCUT2D eigenvalue weighted by molar-refractivity contribution is -0.143. The smallest absolute Gasteiger partial charge is 0.306 e. The van der Waals surface area contributed by atoms with Gasteiger partial charge in [-0.05, 0) is 58.0 Å². The molecule has 2 heterocycles. The number of fused-ring (bicyclic) bond motifs is 1. The molecule has 1 aromatic carbocycles. The zero-order chi connectivity index (χ0) is 17.4. The van der Waals surface area contributed by atoms with Crippen LogP contribution in [-0.2, 0) is 11.8 Å². The average molecular weight is 329 g/mol. The molecule has 1 fully saturated rings. The number of imidazole rings is 1. The first-order valence-corrected chi connectivity index (χ1v) is 8.32. The van der Waals surface area contributed by atoms with Gasteiger partial charge in [0.2, 0.25) is 0 Å². The molecule has 1 unspecified atom stereocenters. The lowest BCUT2D eigenvalue weighted by atomic mass is 9.94. The molecule has 1 atom stereocenters. The number of Topliss-reactive ketones (excluding diaryl/α,β-unsaturated/α-hetero) is 1. The molecule has 2 aromatic rings. The molecule has 128 valence electrons. The minimum atomic E-state index is -0.732. The number of benzene rings is 1. The topological polar surface area (TPSA) is 75.4 Å². The number of nitrogens with zero attached hydrogens (tertiary/aromatic N) is 3. The van der Waals surface area contributed by atoms with E-state index >= 15 is 0 Å². The predicted octanol–water partition coefficient (Wildman–Crippen LogP) is 2.25. The van der Waals surface area contributed by atoms with Crippen molar-refractivity contribution in [1.82, 2.24) is 14.5 Å². The van der Waals surface area contributed by atoms with Gasteiger partial charge < -0.3 is 9.67 Å². The van der Waals surface area contributed by atoms with Crippen molar-refractivity contribution < 1.29 is 14.7 Å². The first kappa shape index (κ1) is 16.6. The Morgan fingerprint density at radius 2 is 1.96 bits per heavy atom. The largest absolute Gasteiger partial charge is 0.481 e. The van der Waals surface area contributed by atoms with Gasteiger partial charge in [0.1, 0.15) is 5.82 Å². The van der Waals surface area contributed by atoms with Crippen molar-refractivity contribution in [3.63, 3.8) is 0 Å². The first-order chi connectivity index (χ1) is 11.4. The summed E-state index contributed by atoms with van der Waals surface area (Å²) in [5.41, 5.74) is 2.50. The Morgan fingerprint density at radius 1 is 1.29 bits per heavy atom. The third-order valence-corrected chi connectivity index (χ3v) is 5.19. The number of ketones is 1. The molecule has 1 aliphatic heterocycles. The highest BCUT2D eigenvalue weighted by atomic mass is 16.4. The maximum atomic E-state index is 12.8. The molecule has 0 bridgehead atoms. The number of piperidine rings is 1. The van der Waals surface area contributed by atoms with Crippen LogP contribution in [0.3, 0.4) is 0 Å². The first-order valence-electron chi connectivity index (χ1n) is 8.32. The Hall–Kier alpha value is -2.21. The fraction of sp³-hybridized carbons (Fsp3) is 0.500. The summed E-state index contributed by atoms with van der Waals surface area (Å²) < 4.78 is 2.00. The van der Waals surface area contributed by atoms with Gasteiger partial charge in [-0.2, -0.15) is 0 Å². The molecule has 0 saturated carbocycles. The number of carboxylic acid groups (broad SMARTS) is 1. The molecule has 0 spiro atoms. The van der Waals surface area contributed by atoms with Gasteiger partial charge in [0.05, 0.1) is 23.0 Å². The van der Waals surface area contributed by atoms with E-state index in [9.17, 15) is 9.59 Å². The van der Waals surface area contributed by atoms with Crippen molar-refractivity contribution in [3.8, 4) is 0 Å². The van der Waals surface area contributed by atoms with Crippen LogP contribution in [-0.4, -0.2) is 50.4 Å². The number of aromatic nitrogens is 2. The fourth-order valence-electron chi connectivity index (χ4n) is 3.41. The number of hydrogen-bond acceptors (Lipinski definition) is 4. The molecule has 1 aliphatic rings. The summed E-state index contributed by atoms with van der Waals surface area (Å²) in [7, 11) is 1.96. The highest BCUT2D eigenvalue weighted by molar-refractivity contribution is 6.02. The molecular weight excluding hydrogens is 306 g/mol. The van der Waals surface area contributed by atoms with Crippen LogP contribution >= 0.6 is 0 Å². The monoisotopic (exact) mass is 329 g/mol. The highest BCUT2D eigenvalue weighted by Gasteiger charge is 2.30. The molecule has 6 nitrogen and oxygen atoms in total. The standard InChI is InChI=1S/C18H23N3O3/c1-11(21-8-6-13(7-9-21)18(23)24)17(22)14-4-5-16-15(10-14)19-12(2)20(16)3/h4-5,10-11,13H,6-9H2,1-3H3,(H,23,24). The van der Waals surface area contributed by atoms with Crippen LogP contribution in [0.15, 0.2) is 18.2 Å². The molecule has 24 heavy (non-hydrogen) atoms. The quantitative estimate of drug-likeness (QED) is 0.871. The van der Waals surface area contributed by atoms with E-state index in [0.717, 1.165) is 16.9 Å². The Balaban J connectivity index is 1.75. The van der Waals surface area contributed by atoms with Crippen LogP contribution in [0.4, 0.5) is 0 Å². The summed E-state index contributed by atoms with van der Waals surface area (Å²) in [5.74, 6) is -0.0339. The third-order valence-electron chi connectivity index (χ3n) is 5.19. The van der Waals surface area contributed by atoms with Crippen molar-refractivity contribution in [3.05, 3.63) is 29.6 Å². The third kappa shape index (κ3) is 2.94. The van der Waals surface area contributed by atoms with Gasteiger partial charge in [0.25, 0.3) is 0 Å². The summed E-state index contributed by atoms with van der Waals surface area (Å²) in [6, 6.07) is 5.39. The van der Waals surface area contributed by atoms with Crippen LogP contribution in [0, 0.1) is 12.8 Å². The normalized spacial score (nSPS) is 18.0. The zero-order valence-electron chi connectivity index (χ0n) is 14.3. The van der Waals surface area contributed by atoms with Crippen LogP contribution < -0.4 is 0 Å². The highest BCUT2D eigenvalue weighted by Crippen LogP contribution is 2.22. The number of likely N-dealkylation sites (tertiary alicyclic amines) is 1. The van der Waals surface area contributed by atoms with Crippen LogP contribution in [0.2, 0.25) is 0 Å². The van der Waals surface area contributed by atoms with Gasteiger partial charge in [-0.15, -0.1) is 0 Å². The van der Waals surface area contributed by atoms with Crippen molar-refractivity contribution in [2.24, 2.45) is 13.0 Å². The summed E-state index contributed by atoms with van der Waals surface area (Å²) in [6.07, 6.45) is 1.21. The van der Waals surface area contributed by atoms with Crippen LogP contribution in [0.5, 0.6) is 0 Å². The molecule has 0 radical (unpaired) electrons. The van der Waals surface area contributed by atoms with Crippen LogP contribution in [0.25, 0.3) is 11.0 Å². The molecular formula is C18H23N3O3. The minimum absolute atomic E-state index is 0.0639. The van der Waals surface area contributed by atoms with E-state index in [1.807, 2.05) is 43.7 Å². The lowest BCUT2D eigenvalue weighted by Gasteiger charge is -2.33. The van der Waals surface area contributed by atoms with Crippen molar-refractivity contribution in [1.29, 1.82) is 0 Å². The van der Waals surface area contributed by atoms with E-state index in [1.165, 1.54) is 0 Å². The zero-order valence-corrected chi connectivity index (χ0v) is 14.3. The number of carbonyl (C=O) groups excluding carboxylic acids is 1. The van der Waals surface area contributed by atoms with E-state index in [4.69, 9.17) is 5.11 Å². The van der Waals surface area contributed by atoms with E-state index < -0.39 is 5.97 Å². The second kappa shape index (κ2) is 6.36. The second-order valence-electron chi connectivity index (χ2n) is 6.61. The minimum Gasteiger partial charge on any atom is -0.481 e. The van der Waals surface area contributed by atoms with Gasteiger partial charge in [-0.1, -0.05) is 0 Å². The molecule has 3 rings (SSSR count). The summed E-state index contributed by atoms with van der Waals surface area (Å²) in [6.45, 7) is 5.14. The number of hydrogen-bond donors (Lipinski definition) is 1. The van der Waals surface area contributed by atoms with E-state index in [0.29, 0.717) is 31.5 Å². The summed E-state index contributed by atoms with van der Waals surface area (Å²) >= 11 is 0. The lowest BCUT2D eigenvalue weighted by Crippen LogP contribution is -2.45. The predicted molar refractivity (Wildman–Crippen MR) is 91.2 cm³/mol. The van der Waals surface area contributed by atoms with E-state index in [1.54, 1.807) is 0 Å². The fourth-order valence-corrected chi connectivity index (χ4v) is 3.41. The van der Waals surface area contributed by atoms with Gasteiger partial charge in [0.15, 0.2) is 5.78 Å². The van der Waals surface area contributed by atoms with Gasteiger partial charge in [-0.25, -0.2) is 4.98 Å². The molecule has 6 heteroatoms. The second-order valence-corrected chi connectivity index (χ2v) is 6.61. The van der Waals surface area contributed by atoms with E-state index in [2.05, 4.69) is 9.88 Å². The summed E-state index contributed by atoms with van der Waals surface area (Å²) in [4.78, 5) is 30.4. The summed E-state index contributed by atoms with van der Waals surface area (Å²) in [5, 5.41) is 9.08. The van der Waals surface area contributed by atoms with Crippen molar-refractivity contribution in [2.45, 2.75) is 32.7 Å². The van der Waals surface area contributed by atoms with Gasteiger partial charge in [0, 0.05) is 12.6 Å².